The Morgan fingerprint density at radius 1 is 0.402 bits per heavy atom. The molecule has 0 aromatic heterocycles. The molecule has 0 spiro atoms. The van der Waals surface area contributed by atoms with Crippen molar-refractivity contribution in [1.82, 2.24) is 5.32 Å². The van der Waals surface area contributed by atoms with Crippen LogP contribution in [0.2, 0.25) is 0 Å². The van der Waals surface area contributed by atoms with E-state index in [0.29, 0.717) is 6.42 Å². The molecular formula is C78H139NO8. The van der Waals surface area contributed by atoms with Gasteiger partial charge in [-0.15, -0.1) is 0 Å². The molecule has 1 saturated heterocycles. The maximum atomic E-state index is 13.1. The highest BCUT2D eigenvalue weighted by Crippen LogP contribution is 2.23. The first-order chi connectivity index (χ1) is 42.8. The Bertz CT molecular complexity index is 1700. The molecule has 0 aliphatic carbocycles. The summed E-state index contributed by atoms with van der Waals surface area (Å²) in [6.45, 7) is 3.68. The summed E-state index contributed by atoms with van der Waals surface area (Å²) in [4.78, 5) is 13.1. The van der Waals surface area contributed by atoms with Crippen molar-refractivity contribution in [2.24, 2.45) is 0 Å². The molecule has 1 rings (SSSR count). The van der Waals surface area contributed by atoms with Gasteiger partial charge in [0.05, 0.1) is 25.4 Å². The van der Waals surface area contributed by atoms with E-state index in [0.717, 1.165) is 77.0 Å². The van der Waals surface area contributed by atoms with Crippen molar-refractivity contribution in [1.29, 1.82) is 0 Å². The summed E-state index contributed by atoms with van der Waals surface area (Å²) >= 11 is 0. The Morgan fingerprint density at radius 2 is 0.724 bits per heavy atom. The monoisotopic (exact) mass is 1220 g/mol. The fraction of sp³-hybridized carbons (Fsp3) is 0.782. The van der Waals surface area contributed by atoms with Crippen LogP contribution in [0.3, 0.4) is 0 Å². The van der Waals surface area contributed by atoms with Gasteiger partial charge in [-0.3, -0.25) is 4.79 Å². The normalized spacial score (nSPS) is 18.5. The number of carbonyl (C=O) groups is 1. The lowest BCUT2D eigenvalue weighted by atomic mass is 9.99. The van der Waals surface area contributed by atoms with Crippen LogP contribution in [0.1, 0.15) is 335 Å². The second-order valence-corrected chi connectivity index (χ2v) is 25.3. The highest BCUT2D eigenvalue weighted by Gasteiger charge is 2.44. The summed E-state index contributed by atoms with van der Waals surface area (Å²) in [5, 5.41) is 54.7. The zero-order valence-corrected chi connectivity index (χ0v) is 56.5. The number of aliphatic hydroxyl groups is 5. The van der Waals surface area contributed by atoms with Crippen molar-refractivity contribution in [3.8, 4) is 0 Å². The third kappa shape index (κ3) is 54.6. The van der Waals surface area contributed by atoms with Gasteiger partial charge in [0.1, 0.15) is 24.4 Å². The van der Waals surface area contributed by atoms with E-state index in [9.17, 15) is 30.3 Å². The second-order valence-electron chi connectivity index (χ2n) is 25.3. The van der Waals surface area contributed by atoms with Gasteiger partial charge in [-0.1, -0.05) is 336 Å². The molecule has 0 bridgehead atoms. The molecule has 87 heavy (non-hydrogen) atoms. The predicted octanol–water partition coefficient (Wildman–Crippen LogP) is 20.6. The minimum absolute atomic E-state index is 0.187. The smallest absolute Gasteiger partial charge is 0.220 e. The largest absolute Gasteiger partial charge is 0.394 e. The molecule has 1 aliphatic rings. The van der Waals surface area contributed by atoms with Gasteiger partial charge in [-0.2, -0.15) is 0 Å². The number of hydrogen-bond acceptors (Lipinski definition) is 8. The number of carbonyl (C=O) groups excluding carboxylic acids is 1. The van der Waals surface area contributed by atoms with Crippen LogP contribution < -0.4 is 5.32 Å². The van der Waals surface area contributed by atoms with Gasteiger partial charge < -0.3 is 40.3 Å². The molecule has 1 fully saturated rings. The lowest BCUT2D eigenvalue weighted by Gasteiger charge is -2.40. The van der Waals surface area contributed by atoms with Gasteiger partial charge in [0.15, 0.2) is 6.29 Å². The maximum Gasteiger partial charge on any atom is 0.220 e. The Balaban J connectivity index is 2.08. The third-order valence-electron chi connectivity index (χ3n) is 17.1. The minimum Gasteiger partial charge on any atom is -0.394 e. The van der Waals surface area contributed by atoms with E-state index in [2.05, 4.69) is 104 Å². The van der Waals surface area contributed by atoms with Gasteiger partial charge in [-0.05, 0) is 89.9 Å². The lowest BCUT2D eigenvalue weighted by Crippen LogP contribution is -2.60. The van der Waals surface area contributed by atoms with Gasteiger partial charge in [0, 0.05) is 6.42 Å². The first-order valence-corrected chi connectivity index (χ1v) is 37.0. The van der Waals surface area contributed by atoms with Crippen LogP contribution in [-0.2, 0) is 14.3 Å². The predicted molar refractivity (Wildman–Crippen MR) is 373 cm³/mol. The number of aliphatic hydroxyl groups excluding tert-OH is 5. The van der Waals surface area contributed by atoms with E-state index in [1.165, 1.54) is 238 Å². The van der Waals surface area contributed by atoms with Gasteiger partial charge in [0.25, 0.3) is 0 Å². The number of ether oxygens (including phenoxy) is 2. The molecule has 9 heteroatoms. The van der Waals surface area contributed by atoms with Crippen molar-refractivity contribution < 1.29 is 39.8 Å². The number of allylic oxidation sites excluding steroid dienone is 15. The fourth-order valence-electron chi connectivity index (χ4n) is 11.4. The van der Waals surface area contributed by atoms with Crippen LogP contribution in [0.15, 0.2) is 97.2 Å². The molecule has 9 nitrogen and oxygen atoms in total. The van der Waals surface area contributed by atoms with Crippen molar-refractivity contribution in [2.45, 2.75) is 378 Å². The molecule has 1 amide bonds. The molecule has 504 valence electrons. The number of nitrogens with one attached hydrogen (secondary N) is 1. The van der Waals surface area contributed by atoms with Crippen LogP contribution in [0, 0.1) is 0 Å². The van der Waals surface area contributed by atoms with Crippen molar-refractivity contribution in [3.05, 3.63) is 97.2 Å². The first-order valence-electron chi connectivity index (χ1n) is 37.0. The van der Waals surface area contributed by atoms with E-state index in [4.69, 9.17) is 9.47 Å². The average Bonchev–Trinajstić information content (AvgIpc) is 3.47. The molecule has 0 aromatic carbocycles. The summed E-state index contributed by atoms with van der Waals surface area (Å²) in [5.74, 6) is -0.187. The van der Waals surface area contributed by atoms with Crippen LogP contribution in [0.5, 0.6) is 0 Å². The lowest BCUT2D eigenvalue weighted by molar-refractivity contribution is -0.302. The Hall–Kier alpha value is -2.89. The Morgan fingerprint density at radius 3 is 1.10 bits per heavy atom. The van der Waals surface area contributed by atoms with Gasteiger partial charge in [-0.25, -0.2) is 0 Å². The van der Waals surface area contributed by atoms with E-state index < -0.39 is 49.5 Å². The minimum atomic E-state index is -1.58. The molecule has 7 atom stereocenters. The average molecular weight is 1220 g/mol. The third-order valence-corrected chi connectivity index (χ3v) is 17.1. The molecular weight excluding hydrogens is 1080 g/mol. The van der Waals surface area contributed by atoms with E-state index in [-0.39, 0.29) is 12.5 Å². The molecule has 0 radical (unpaired) electrons. The van der Waals surface area contributed by atoms with Gasteiger partial charge >= 0.3 is 0 Å². The molecule has 1 heterocycles. The zero-order chi connectivity index (χ0) is 62.8. The summed E-state index contributed by atoms with van der Waals surface area (Å²) in [7, 11) is 0. The molecule has 6 N–H and O–H groups in total. The molecule has 0 saturated carbocycles. The van der Waals surface area contributed by atoms with Crippen LogP contribution in [-0.4, -0.2) is 87.5 Å². The van der Waals surface area contributed by atoms with Crippen LogP contribution >= 0.6 is 0 Å². The van der Waals surface area contributed by atoms with Crippen LogP contribution in [0.4, 0.5) is 0 Å². The highest BCUT2D eigenvalue weighted by molar-refractivity contribution is 5.76. The SMILES string of the molecule is CC/C=C\C/C=C\C/C=C\C/C=C\C/C=C\CCCCCCCCCCCCCCCCCCCCCCCCCCCC(=O)NC(COC1OC(CO)C(O)C(O)C1O)C(O)/C=C/CC/C=C/CC/C=C/CCCCCCCCCCCCCCC. The fourth-order valence-corrected chi connectivity index (χ4v) is 11.4. The van der Waals surface area contributed by atoms with E-state index >= 15 is 0 Å². The molecule has 7 unspecified atom stereocenters. The zero-order valence-electron chi connectivity index (χ0n) is 56.5. The number of hydrogen-bond donors (Lipinski definition) is 6. The van der Waals surface area contributed by atoms with Crippen molar-refractivity contribution in [2.75, 3.05) is 13.2 Å². The Labute approximate surface area is 536 Å². The van der Waals surface area contributed by atoms with Crippen molar-refractivity contribution in [3.63, 3.8) is 0 Å². The Kier molecular flexibility index (Phi) is 62.3. The van der Waals surface area contributed by atoms with Crippen molar-refractivity contribution >= 4 is 5.91 Å². The molecule has 1 aliphatic heterocycles. The quantitative estimate of drug-likeness (QED) is 0.0261. The summed E-state index contributed by atoms with van der Waals surface area (Å²) in [5.41, 5.74) is 0. The summed E-state index contributed by atoms with van der Waals surface area (Å²) < 4.78 is 11.3. The van der Waals surface area contributed by atoms with Gasteiger partial charge in [0.2, 0.25) is 5.91 Å². The first kappa shape index (κ1) is 82.1. The van der Waals surface area contributed by atoms with E-state index in [1.807, 2.05) is 6.08 Å². The van der Waals surface area contributed by atoms with Crippen LogP contribution in [0.25, 0.3) is 0 Å². The topological polar surface area (TPSA) is 149 Å². The number of amides is 1. The standard InChI is InChI=1S/C78H139NO8/c1-3-5-7-9-11-13-15-17-19-21-23-25-27-28-29-30-31-32-33-34-35-36-37-38-39-40-41-42-43-44-46-48-50-52-54-56-58-60-62-64-66-68-74(82)79-71(70-86-78-77(85)76(84)75(83)73(69-80)87-78)72(81)67-65-63-61-59-57-55-53-51-49-47-45-26-24-22-20-18-16-14-12-10-8-6-4-2/h5,7,11,13,17,19,23,25,28-29,49,51,57,59,65,67,71-73,75-78,80-81,83-85H,3-4,6,8-10,12,14-16,18,20-22,24,26-27,30-48,50,52-56,58,60-64,66,68-70H2,1-2H3,(H,79,82)/b7-5-,13-11-,19-17-,25-23-,29-28-,51-49+,59-57+,67-65+. The highest BCUT2D eigenvalue weighted by atomic mass is 16.7. The maximum absolute atomic E-state index is 13.1. The summed E-state index contributed by atoms with van der Waals surface area (Å²) in [6.07, 6.45) is 89.7. The number of unbranched alkanes of at least 4 members (excludes halogenated alkanes) is 40. The molecule has 0 aromatic rings. The summed E-state index contributed by atoms with van der Waals surface area (Å²) in [6, 6.07) is -0.832. The second kappa shape index (κ2) is 66.0. The van der Waals surface area contributed by atoms with E-state index in [1.54, 1.807) is 6.08 Å². The number of rotatable bonds is 64.